The molecular formula is C13H12O2S. The van der Waals surface area contributed by atoms with Crippen molar-refractivity contribution in [1.82, 2.24) is 0 Å². The highest BCUT2D eigenvalue weighted by molar-refractivity contribution is 7.91. The largest absolute Gasteiger partial charge is 0.228 e. The summed E-state index contributed by atoms with van der Waals surface area (Å²) in [6, 6.07) is 7.82. The smallest absolute Gasteiger partial charge is 0.161 e. The molecule has 3 rings (SSSR count). The summed E-state index contributed by atoms with van der Waals surface area (Å²) in [6.07, 6.45) is 7.54. The Labute approximate surface area is 95.2 Å². The maximum Gasteiger partial charge on any atom is 0.161 e. The lowest BCUT2D eigenvalue weighted by molar-refractivity contribution is 0.576. The van der Waals surface area contributed by atoms with Gasteiger partial charge in [-0.05, 0) is 11.1 Å². The number of hydrogen-bond acceptors (Lipinski definition) is 2. The Balaban J connectivity index is 2.23. The van der Waals surface area contributed by atoms with E-state index in [4.69, 9.17) is 0 Å². The van der Waals surface area contributed by atoms with Crippen LogP contribution >= 0.6 is 0 Å². The van der Waals surface area contributed by atoms with Gasteiger partial charge in [0, 0.05) is 5.92 Å². The molecule has 0 saturated heterocycles. The molecule has 0 spiro atoms. The number of allylic oxidation sites excluding steroid dienone is 3. The summed E-state index contributed by atoms with van der Waals surface area (Å²) in [5, 5.41) is -0.368. The van der Waals surface area contributed by atoms with E-state index in [-0.39, 0.29) is 16.9 Å². The fraction of sp³-hybridized carbons (Fsp3) is 0.231. The van der Waals surface area contributed by atoms with Crippen molar-refractivity contribution in [3.63, 3.8) is 0 Å². The lowest BCUT2D eigenvalue weighted by atomic mass is 9.89. The highest BCUT2D eigenvalue weighted by atomic mass is 32.2. The van der Waals surface area contributed by atoms with E-state index in [2.05, 4.69) is 0 Å². The summed E-state index contributed by atoms with van der Waals surface area (Å²) >= 11 is 0. The van der Waals surface area contributed by atoms with Crippen molar-refractivity contribution in [2.24, 2.45) is 0 Å². The molecule has 2 aliphatic rings. The van der Waals surface area contributed by atoms with Crippen molar-refractivity contribution >= 4 is 9.84 Å². The Bertz CT molecular complexity index is 582. The molecule has 0 saturated carbocycles. The van der Waals surface area contributed by atoms with Gasteiger partial charge in [0.1, 0.15) is 0 Å². The topological polar surface area (TPSA) is 34.1 Å². The van der Waals surface area contributed by atoms with Gasteiger partial charge in [-0.3, -0.25) is 0 Å². The van der Waals surface area contributed by atoms with Gasteiger partial charge in [0.15, 0.2) is 9.84 Å². The molecule has 1 heterocycles. The molecule has 0 N–H and O–H groups in total. The Morgan fingerprint density at radius 3 is 2.69 bits per heavy atom. The van der Waals surface area contributed by atoms with Crippen molar-refractivity contribution in [3.8, 4) is 0 Å². The van der Waals surface area contributed by atoms with Crippen LogP contribution in [0.1, 0.15) is 17.0 Å². The van der Waals surface area contributed by atoms with Gasteiger partial charge in [0.05, 0.1) is 11.0 Å². The van der Waals surface area contributed by atoms with Crippen molar-refractivity contribution in [3.05, 3.63) is 59.7 Å². The monoisotopic (exact) mass is 232 g/mol. The van der Waals surface area contributed by atoms with Crippen molar-refractivity contribution in [2.45, 2.75) is 16.9 Å². The first-order chi connectivity index (χ1) is 7.68. The molecule has 0 radical (unpaired) electrons. The summed E-state index contributed by atoms with van der Waals surface area (Å²) in [5.74, 6) is 0.169. The molecule has 1 aliphatic carbocycles. The van der Waals surface area contributed by atoms with Crippen molar-refractivity contribution in [1.29, 1.82) is 0 Å². The zero-order valence-corrected chi connectivity index (χ0v) is 9.52. The van der Waals surface area contributed by atoms with Gasteiger partial charge in [0.2, 0.25) is 0 Å². The molecule has 1 aromatic rings. The van der Waals surface area contributed by atoms with Gasteiger partial charge in [-0.1, -0.05) is 48.6 Å². The SMILES string of the molecule is O=S1(=O)Cc2ccccc2C2C=CC=CC21. The van der Waals surface area contributed by atoms with Crippen LogP contribution in [-0.4, -0.2) is 13.7 Å². The summed E-state index contributed by atoms with van der Waals surface area (Å²) in [5.41, 5.74) is 2.10. The Hall–Kier alpha value is -1.35. The van der Waals surface area contributed by atoms with Gasteiger partial charge in [-0.15, -0.1) is 0 Å². The number of fused-ring (bicyclic) bond motifs is 3. The minimum atomic E-state index is -3.04. The first-order valence-corrected chi connectivity index (χ1v) is 7.04. The third kappa shape index (κ3) is 1.35. The van der Waals surface area contributed by atoms with E-state index in [9.17, 15) is 8.42 Å². The average Bonchev–Trinajstić information content (AvgIpc) is 2.29. The highest BCUT2D eigenvalue weighted by Gasteiger charge is 2.37. The van der Waals surface area contributed by atoms with Crippen LogP contribution in [0.3, 0.4) is 0 Å². The average molecular weight is 232 g/mol. The maximum atomic E-state index is 12.1. The molecule has 2 nitrogen and oxygen atoms in total. The summed E-state index contributed by atoms with van der Waals surface area (Å²) in [4.78, 5) is 0. The van der Waals surface area contributed by atoms with Crippen molar-refractivity contribution < 1.29 is 8.42 Å². The van der Waals surface area contributed by atoms with E-state index in [1.807, 2.05) is 42.5 Å². The Morgan fingerprint density at radius 2 is 1.81 bits per heavy atom. The van der Waals surface area contributed by atoms with Gasteiger partial charge >= 0.3 is 0 Å². The summed E-state index contributed by atoms with van der Waals surface area (Å²) in [7, 11) is -3.04. The molecule has 82 valence electrons. The van der Waals surface area contributed by atoms with Crippen molar-refractivity contribution in [2.75, 3.05) is 0 Å². The second kappa shape index (κ2) is 3.32. The van der Waals surface area contributed by atoms with Crippen LogP contribution in [-0.2, 0) is 15.6 Å². The van der Waals surface area contributed by atoms with Gasteiger partial charge in [-0.25, -0.2) is 8.42 Å². The summed E-state index contributed by atoms with van der Waals surface area (Å²) in [6.45, 7) is 0. The van der Waals surface area contributed by atoms with Gasteiger partial charge < -0.3 is 0 Å². The van der Waals surface area contributed by atoms with Crippen LogP contribution in [0, 0.1) is 0 Å². The third-order valence-corrected chi connectivity index (χ3v) is 5.26. The minimum Gasteiger partial charge on any atom is -0.228 e. The molecule has 16 heavy (non-hydrogen) atoms. The fourth-order valence-electron chi connectivity index (χ4n) is 2.51. The molecule has 2 unspecified atom stereocenters. The van der Waals surface area contributed by atoms with Crippen LogP contribution in [0.5, 0.6) is 0 Å². The summed E-state index contributed by atoms with van der Waals surface area (Å²) < 4.78 is 24.2. The quantitative estimate of drug-likeness (QED) is 0.687. The predicted molar refractivity (Wildman–Crippen MR) is 63.9 cm³/mol. The van der Waals surface area contributed by atoms with Gasteiger partial charge in [0.25, 0.3) is 0 Å². The Kier molecular flexibility index (Phi) is 2.04. The minimum absolute atomic E-state index is 0.0000463. The van der Waals surface area contributed by atoms with E-state index < -0.39 is 9.84 Å². The molecule has 1 aliphatic heterocycles. The van der Waals surface area contributed by atoms with E-state index >= 15 is 0 Å². The zero-order valence-electron chi connectivity index (χ0n) is 8.71. The second-order valence-electron chi connectivity index (χ2n) is 4.27. The predicted octanol–water partition coefficient (Wildman–Crippen LogP) is 2.19. The molecular weight excluding hydrogens is 220 g/mol. The van der Waals surface area contributed by atoms with E-state index in [0.717, 1.165) is 11.1 Å². The molecule has 2 atom stereocenters. The third-order valence-electron chi connectivity index (χ3n) is 3.27. The van der Waals surface area contributed by atoms with Gasteiger partial charge in [-0.2, -0.15) is 0 Å². The zero-order chi connectivity index (χ0) is 11.2. The van der Waals surface area contributed by atoms with Crippen LogP contribution in [0.25, 0.3) is 0 Å². The molecule has 3 heteroatoms. The Morgan fingerprint density at radius 1 is 1.06 bits per heavy atom. The number of benzene rings is 1. The first-order valence-electron chi connectivity index (χ1n) is 5.33. The lowest BCUT2D eigenvalue weighted by Gasteiger charge is -2.31. The maximum absolute atomic E-state index is 12.1. The second-order valence-corrected chi connectivity index (χ2v) is 6.42. The molecule has 0 fully saturated rings. The number of hydrogen-bond donors (Lipinski definition) is 0. The van der Waals surface area contributed by atoms with Crippen LogP contribution < -0.4 is 0 Å². The van der Waals surface area contributed by atoms with Crippen LogP contribution in [0.15, 0.2) is 48.6 Å². The molecule has 1 aromatic carbocycles. The first kappa shape index (κ1) is 9.85. The molecule has 0 amide bonds. The fourth-order valence-corrected chi connectivity index (χ4v) is 4.42. The van der Waals surface area contributed by atoms with Crippen LogP contribution in [0.4, 0.5) is 0 Å². The standard InChI is InChI=1S/C13H12O2S/c14-16(15)9-10-5-1-2-6-11(10)12-7-3-4-8-13(12)16/h1-8,12-13H,9H2. The van der Waals surface area contributed by atoms with Crippen LogP contribution in [0.2, 0.25) is 0 Å². The van der Waals surface area contributed by atoms with E-state index in [1.54, 1.807) is 6.08 Å². The normalized spacial score (nSPS) is 29.5. The van der Waals surface area contributed by atoms with E-state index in [0.29, 0.717) is 0 Å². The lowest BCUT2D eigenvalue weighted by Crippen LogP contribution is -2.33. The molecule has 0 bridgehead atoms. The molecule has 0 aromatic heterocycles. The van der Waals surface area contributed by atoms with E-state index in [1.165, 1.54) is 0 Å². The highest BCUT2D eigenvalue weighted by Crippen LogP contribution is 2.38. The number of sulfone groups is 1. The number of rotatable bonds is 0.